The lowest BCUT2D eigenvalue weighted by molar-refractivity contribution is 0.128. The average Bonchev–Trinajstić information content (AvgIpc) is 2.44. The van der Waals surface area contributed by atoms with E-state index >= 15 is 0 Å². The average molecular weight is 259 g/mol. The fourth-order valence-electron chi connectivity index (χ4n) is 1.98. The van der Waals surface area contributed by atoms with Crippen molar-refractivity contribution in [3.63, 3.8) is 0 Å². The van der Waals surface area contributed by atoms with Crippen LogP contribution in [0, 0.1) is 0 Å². The molecule has 1 aromatic heterocycles. The van der Waals surface area contributed by atoms with Crippen molar-refractivity contribution < 1.29 is 4.74 Å². The number of fused-ring (bicyclic) bond motifs is 1. The number of anilines is 1. The zero-order chi connectivity index (χ0) is 13.7. The Morgan fingerprint density at radius 3 is 2.84 bits per heavy atom. The Morgan fingerprint density at radius 1 is 1.32 bits per heavy atom. The maximum atomic E-state index is 5.26. The Morgan fingerprint density at radius 2 is 2.11 bits per heavy atom. The Hall–Kier alpha value is -1.65. The van der Waals surface area contributed by atoms with Crippen molar-refractivity contribution in [1.29, 1.82) is 0 Å². The van der Waals surface area contributed by atoms with Crippen molar-refractivity contribution in [2.24, 2.45) is 0 Å². The molecule has 0 spiro atoms. The van der Waals surface area contributed by atoms with E-state index in [1.54, 1.807) is 7.11 Å². The Labute approximate surface area is 114 Å². The zero-order valence-corrected chi connectivity index (χ0v) is 11.7. The molecule has 4 nitrogen and oxygen atoms in total. The molecule has 1 aromatic carbocycles. The molecule has 1 heterocycles. The van der Waals surface area contributed by atoms with Crippen LogP contribution in [-0.2, 0) is 11.3 Å². The van der Waals surface area contributed by atoms with E-state index in [1.165, 1.54) is 5.39 Å². The van der Waals surface area contributed by atoms with Crippen LogP contribution >= 0.6 is 0 Å². The van der Waals surface area contributed by atoms with E-state index < -0.39 is 0 Å². The van der Waals surface area contributed by atoms with Crippen LogP contribution in [0.3, 0.4) is 0 Å². The van der Waals surface area contributed by atoms with Gasteiger partial charge in [-0.1, -0.05) is 24.3 Å². The van der Waals surface area contributed by atoms with Crippen LogP contribution in [0.5, 0.6) is 0 Å². The molecule has 0 fully saturated rings. The van der Waals surface area contributed by atoms with Crippen molar-refractivity contribution in [3.8, 4) is 0 Å². The summed E-state index contributed by atoms with van der Waals surface area (Å²) in [5.74, 6) is 0.923. The number of ether oxygens (including phenoxy) is 1. The van der Waals surface area contributed by atoms with Gasteiger partial charge in [0.05, 0.1) is 11.8 Å². The van der Waals surface area contributed by atoms with Gasteiger partial charge in [0, 0.05) is 25.6 Å². The summed E-state index contributed by atoms with van der Waals surface area (Å²) in [6, 6.07) is 10.4. The molecule has 0 saturated carbocycles. The summed E-state index contributed by atoms with van der Waals surface area (Å²) in [7, 11) is 3.65. The molecule has 1 unspecified atom stereocenters. The number of pyridine rings is 1. The molecule has 4 heteroatoms. The van der Waals surface area contributed by atoms with Gasteiger partial charge in [-0.2, -0.15) is 0 Å². The highest BCUT2D eigenvalue weighted by atomic mass is 16.5. The van der Waals surface area contributed by atoms with Crippen LogP contribution in [0.1, 0.15) is 12.6 Å². The second-order valence-electron chi connectivity index (χ2n) is 4.64. The summed E-state index contributed by atoms with van der Waals surface area (Å²) >= 11 is 0. The number of nitrogens with zero attached hydrogens (tertiary/aromatic N) is 1. The largest absolute Gasteiger partial charge is 0.380 e. The molecule has 2 rings (SSSR count). The molecular weight excluding hydrogens is 238 g/mol. The molecule has 0 aliphatic heterocycles. The lowest BCUT2D eigenvalue weighted by Gasteiger charge is -2.14. The van der Waals surface area contributed by atoms with Crippen LogP contribution in [-0.4, -0.2) is 31.8 Å². The number of rotatable bonds is 6. The third-order valence-corrected chi connectivity index (χ3v) is 3.11. The van der Waals surface area contributed by atoms with Crippen molar-refractivity contribution >= 4 is 16.6 Å². The number of benzene rings is 1. The highest BCUT2D eigenvalue weighted by molar-refractivity contribution is 5.92. The number of methoxy groups -OCH3 is 1. The van der Waals surface area contributed by atoms with Crippen LogP contribution in [0.2, 0.25) is 0 Å². The third kappa shape index (κ3) is 3.43. The molecule has 0 amide bonds. The summed E-state index contributed by atoms with van der Waals surface area (Å²) in [4.78, 5) is 4.67. The molecule has 2 N–H and O–H groups in total. The Balaban J connectivity index is 2.33. The summed E-state index contributed by atoms with van der Waals surface area (Å²) in [5.41, 5.74) is 1.04. The number of hydrogen-bond donors (Lipinski definition) is 2. The molecule has 0 radical (unpaired) electrons. The molecule has 19 heavy (non-hydrogen) atoms. The summed E-state index contributed by atoms with van der Waals surface area (Å²) in [6.07, 6.45) is 0.161. The fourth-order valence-corrected chi connectivity index (χ4v) is 1.98. The predicted molar refractivity (Wildman–Crippen MR) is 79.5 cm³/mol. The van der Waals surface area contributed by atoms with Gasteiger partial charge in [-0.15, -0.1) is 0 Å². The van der Waals surface area contributed by atoms with Gasteiger partial charge in [0.1, 0.15) is 5.82 Å². The van der Waals surface area contributed by atoms with E-state index in [9.17, 15) is 0 Å². The first-order chi connectivity index (χ1) is 9.24. The predicted octanol–water partition coefficient (Wildman–Crippen LogP) is 2.40. The monoisotopic (exact) mass is 259 g/mol. The van der Waals surface area contributed by atoms with Gasteiger partial charge in [-0.25, -0.2) is 4.98 Å². The molecule has 0 bridgehead atoms. The van der Waals surface area contributed by atoms with E-state index in [0.29, 0.717) is 0 Å². The fraction of sp³-hybridized carbons (Fsp3) is 0.400. The second kappa shape index (κ2) is 6.50. The lowest BCUT2D eigenvalue weighted by Crippen LogP contribution is -2.19. The first kappa shape index (κ1) is 13.8. The third-order valence-electron chi connectivity index (χ3n) is 3.11. The van der Waals surface area contributed by atoms with E-state index in [-0.39, 0.29) is 6.10 Å². The molecule has 2 aromatic rings. The number of aromatic nitrogens is 1. The quantitative estimate of drug-likeness (QED) is 0.836. The van der Waals surface area contributed by atoms with Crippen molar-refractivity contribution in [3.05, 3.63) is 36.0 Å². The second-order valence-corrected chi connectivity index (χ2v) is 4.64. The number of nitrogens with one attached hydrogen (secondary N) is 2. The minimum Gasteiger partial charge on any atom is -0.380 e. The van der Waals surface area contributed by atoms with Crippen LogP contribution < -0.4 is 10.6 Å². The van der Waals surface area contributed by atoms with E-state index in [2.05, 4.69) is 33.8 Å². The van der Waals surface area contributed by atoms with Crippen LogP contribution in [0.25, 0.3) is 10.8 Å². The number of hydrogen-bond acceptors (Lipinski definition) is 4. The molecule has 102 valence electrons. The van der Waals surface area contributed by atoms with Crippen LogP contribution in [0.4, 0.5) is 5.82 Å². The van der Waals surface area contributed by atoms with E-state index in [0.717, 1.165) is 30.0 Å². The summed E-state index contributed by atoms with van der Waals surface area (Å²) < 4.78 is 5.26. The maximum Gasteiger partial charge on any atom is 0.134 e. The first-order valence-electron chi connectivity index (χ1n) is 6.54. The van der Waals surface area contributed by atoms with E-state index in [1.807, 2.05) is 26.1 Å². The molecule has 1 atom stereocenters. The van der Waals surface area contributed by atoms with Crippen molar-refractivity contribution in [2.75, 3.05) is 26.0 Å². The summed E-state index contributed by atoms with van der Waals surface area (Å²) in [5, 5.41) is 8.86. The molecule has 0 saturated heterocycles. The van der Waals surface area contributed by atoms with Gasteiger partial charge in [0.15, 0.2) is 0 Å². The first-order valence-corrected chi connectivity index (χ1v) is 6.54. The van der Waals surface area contributed by atoms with Gasteiger partial charge >= 0.3 is 0 Å². The van der Waals surface area contributed by atoms with E-state index in [4.69, 9.17) is 4.74 Å². The normalized spacial score (nSPS) is 12.6. The van der Waals surface area contributed by atoms with Gasteiger partial charge in [0.2, 0.25) is 0 Å². The summed E-state index contributed by atoms with van der Waals surface area (Å²) in [6.45, 7) is 3.54. The molecular formula is C15H21N3O. The minimum atomic E-state index is 0.161. The Bertz CT molecular complexity index is 542. The van der Waals surface area contributed by atoms with Crippen molar-refractivity contribution in [1.82, 2.24) is 10.3 Å². The highest BCUT2D eigenvalue weighted by Crippen LogP contribution is 2.22. The molecule has 0 aliphatic rings. The SMILES string of the molecule is CNCc1cc2ccccc2c(NCC(C)OC)n1. The van der Waals surface area contributed by atoms with Crippen molar-refractivity contribution in [2.45, 2.75) is 19.6 Å². The minimum absolute atomic E-state index is 0.161. The zero-order valence-electron chi connectivity index (χ0n) is 11.7. The van der Waals surface area contributed by atoms with Crippen LogP contribution in [0.15, 0.2) is 30.3 Å². The lowest BCUT2D eigenvalue weighted by atomic mass is 10.1. The maximum absolute atomic E-state index is 5.26. The highest BCUT2D eigenvalue weighted by Gasteiger charge is 2.06. The molecule has 0 aliphatic carbocycles. The smallest absolute Gasteiger partial charge is 0.134 e. The van der Waals surface area contributed by atoms with Gasteiger partial charge in [-0.3, -0.25) is 0 Å². The standard InChI is InChI=1S/C15H21N3O/c1-11(19-3)9-17-15-14-7-5-4-6-12(14)8-13(18-15)10-16-2/h4-8,11,16H,9-10H2,1-3H3,(H,17,18). The Kier molecular flexibility index (Phi) is 4.71. The van der Waals surface area contributed by atoms with Gasteiger partial charge in [0.25, 0.3) is 0 Å². The topological polar surface area (TPSA) is 46.2 Å². The van der Waals surface area contributed by atoms with Gasteiger partial charge in [-0.05, 0) is 25.4 Å². The van der Waals surface area contributed by atoms with Gasteiger partial charge < -0.3 is 15.4 Å².